The number of ether oxygens (including phenoxy) is 4. The first kappa shape index (κ1) is 21.1. The molecule has 2 aliphatic heterocycles. The van der Waals surface area contributed by atoms with Crippen molar-refractivity contribution in [3.8, 4) is 0 Å². The van der Waals surface area contributed by atoms with E-state index in [9.17, 15) is 14.7 Å². The summed E-state index contributed by atoms with van der Waals surface area (Å²) in [5.74, 6) is -1.38. The first-order valence-corrected chi connectivity index (χ1v) is 11.0. The zero-order chi connectivity index (χ0) is 22.0. The molecule has 2 spiro atoms. The van der Waals surface area contributed by atoms with Gasteiger partial charge in [-0.05, 0) is 31.2 Å². The minimum atomic E-state index is -1.27. The van der Waals surface area contributed by atoms with Gasteiger partial charge in [-0.3, -0.25) is 9.59 Å². The van der Waals surface area contributed by atoms with Gasteiger partial charge in [0.1, 0.15) is 18.3 Å². The SMILES string of the molecule is CO[C@H]1O[C@H](c2ccoc2)C[C@]12[C@H](C)C(=O)[C@H](O)[C@]1(COC(C)=O)[C@@H]2CCC[C@]12CO2. The van der Waals surface area contributed by atoms with E-state index in [0.717, 1.165) is 24.8 Å². The molecule has 0 aromatic carbocycles. The molecule has 0 radical (unpaired) electrons. The van der Waals surface area contributed by atoms with E-state index in [1.54, 1.807) is 19.6 Å². The number of methoxy groups -OCH3 is 1. The molecule has 8 heteroatoms. The number of hydrogen-bond acceptors (Lipinski definition) is 8. The van der Waals surface area contributed by atoms with Gasteiger partial charge in [0.25, 0.3) is 0 Å². The van der Waals surface area contributed by atoms with E-state index >= 15 is 0 Å². The maximum absolute atomic E-state index is 13.6. The van der Waals surface area contributed by atoms with Crippen LogP contribution in [0, 0.1) is 22.7 Å². The van der Waals surface area contributed by atoms with Gasteiger partial charge in [0.15, 0.2) is 12.1 Å². The molecule has 8 nitrogen and oxygen atoms in total. The Hall–Kier alpha value is -1.74. The zero-order valence-electron chi connectivity index (χ0n) is 18.2. The molecule has 31 heavy (non-hydrogen) atoms. The van der Waals surface area contributed by atoms with Crippen molar-refractivity contribution in [2.45, 2.75) is 63.6 Å². The summed E-state index contributed by atoms with van der Waals surface area (Å²) >= 11 is 0. The van der Waals surface area contributed by atoms with Crippen molar-refractivity contribution >= 4 is 11.8 Å². The highest BCUT2D eigenvalue weighted by molar-refractivity contribution is 5.88. The lowest BCUT2D eigenvalue weighted by atomic mass is 9.42. The van der Waals surface area contributed by atoms with Crippen molar-refractivity contribution in [1.29, 1.82) is 0 Å². The topological polar surface area (TPSA) is 108 Å². The summed E-state index contributed by atoms with van der Waals surface area (Å²) < 4.78 is 29.0. The van der Waals surface area contributed by atoms with Gasteiger partial charge in [0.05, 0.1) is 30.7 Å². The lowest BCUT2D eigenvalue weighted by molar-refractivity contribution is -0.255. The quantitative estimate of drug-likeness (QED) is 0.569. The first-order valence-electron chi connectivity index (χ1n) is 11.0. The molecule has 5 rings (SSSR count). The number of fused-ring (bicyclic) bond motifs is 3. The zero-order valence-corrected chi connectivity index (χ0v) is 18.2. The van der Waals surface area contributed by atoms with Crippen molar-refractivity contribution in [2.75, 3.05) is 20.3 Å². The summed E-state index contributed by atoms with van der Waals surface area (Å²) in [6, 6.07) is 1.86. The molecule has 2 saturated heterocycles. The standard InChI is InChI=1S/C23H30O8/c1-13-18(25)19(26)23(12-29-14(2)24)17(5-4-7-21(23)11-30-21)22(13)9-16(31-20(22)27-3)15-6-8-28-10-15/h6,8,10,13,16-17,19-20,26H,4-5,7,9,11-12H2,1-3H3/t13-,16+,17-,19+,20+,21+,22-,23+/m1/s1. The van der Waals surface area contributed by atoms with E-state index in [-0.39, 0.29) is 24.4 Å². The van der Waals surface area contributed by atoms with Crippen LogP contribution in [-0.2, 0) is 28.5 Å². The summed E-state index contributed by atoms with van der Waals surface area (Å²) in [6.07, 6.45) is 3.98. The van der Waals surface area contributed by atoms with E-state index < -0.39 is 40.7 Å². The van der Waals surface area contributed by atoms with Gasteiger partial charge < -0.3 is 28.5 Å². The number of ketones is 1. The fourth-order valence-electron chi connectivity index (χ4n) is 7.04. The lowest BCUT2D eigenvalue weighted by Gasteiger charge is -2.61. The number of Topliss-reactive ketones (excluding diaryl/α,β-unsaturated/α-hetero) is 1. The summed E-state index contributed by atoms with van der Waals surface area (Å²) in [5.41, 5.74) is -1.48. The molecule has 4 fully saturated rings. The van der Waals surface area contributed by atoms with Gasteiger partial charge >= 0.3 is 5.97 Å². The van der Waals surface area contributed by atoms with Gasteiger partial charge in [-0.1, -0.05) is 13.3 Å². The van der Waals surface area contributed by atoms with Crippen molar-refractivity contribution in [3.63, 3.8) is 0 Å². The van der Waals surface area contributed by atoms with E-state index in [1.807, 2.05) is 13.0 Å². The maximum atomic E-state index is 13.6. The van der Waals surface area contributed by atoms with E-state index in [4.69, 9.17) is 23.4 Å². The third-order valence-corrected chi connectivity index (χ3v) is 8.58. The predicted molar refractivity (Wildman–Crippen MR) is 106 cm³/mol. The van der Waals surface area contributed by atoms with Gasteiger partial charge in [0.2, 0.25) is 0 Å². The van der Waals surface area contributed by atoms with E-state index in [0.29, 0.717) is 13.0 Å². The Morgan fingerprint density at radius 2 is 2.16 bits per heavy atom. The van der Waals surface area contributed by atoms with Crippen LogP contribution >= 0.6 is 0 Å². The smallest absolute Gasteiger partial charge is 0.302 e. The molecule has 1 aromatic rings. The number of carbonyl (C=O) groups is 2. The summed E-state index contributed by atoms with van der Waals surface area (Å²) in [5, 5.41) is 11.4. The fourth-order valence-corrected chi connectivity index (χ4v) is 7.04. The maximum Gasteiger partial charge on any atom is 0.302 e. The second kappa shape index (κ2) is 7.13. The molecular formula is C23H30O8. The highest BCUT2D eigenvalue weighted by Crippen LogP contribution is 2.71. The van der Waals surface area contributed by atoms with Crippen LogP contribution in [0.1, 0.15) is 51.2 Å². The van der Waals surface area contributed by atoms with Gasteiger partial charge in [0, 0.05) is 30.9 Å². The van der Waals surface area contributed by atoms with Crippen molar-refractivity contribution in [2.24, 2.45) is 22.7 Å². The van der Waals surface area contributed by atoms with Gasteiger partial charge in [-0.15, -0.1) is 0 Å². The van der Waals surface area contributed by atoms with Crippen LogP contribution in [-0.4, -0.2) is 55.2 Å². The molecule has 0 unspecified atom stereocenters. The van der Waals surface area contributed by atoms with Crippen molar-refractivity contribution in [1.82, 2.24) is 0 Å². The third kappa shape index (κ3) is 2.68. The van der Waals surface area contributed by atoms with Crippen LogP contribution in [0.2, 0.25) is 0 Å². The molecule has 1 N–H and O–H groups in total. The number of hydrogen-bond donors (Lipinski definition) is 1. The van der Waals surface area contributed by atoms with E-state index in [2.05, 4.69) is 0 Å². The minimum absolute atomic E-state index is 0.0544. The molecule has 3 heterocycles. The Morgan fingerprint density at radius 1 is 1.39 bits per heavy atom. The van der Waals surface area contributed by atoms with E-state index in [1.165, 1.54) is 6.92 Å². The largest absolute Gasteiger partial charge is 0.472 e. The van der Waals surface area contributed by atoms with Gasteiger partial charge in [-0.25, -0.2) is 0 Å². The molecule has 2 saturated carbocycles. The highest BCUT2D eigenvalue weighted by Gasteiger charge is 2.79. The summed E-state index contributed by atoms with van der Waals surface area (Å²) in [4.78, 5) is 25.4. The first-order chi connectivity index (χ1) is 14.8. The third-order valence-electron chi connectivity index (χ3n) is 8.58. The molecular weight excluding hydrogens is 404 g/mol. The fraction of sp³-hybridized carbons (Fsp3) is 0.739. The molecule has 0 amide bonds. The molecule has 1 aromatic heterocycles. The number of aliphatic hydroxyl groups is 1. The Morgan fingerprint density at radius 3 is 2.77 bits per heavy atom. The molecule has 8 atom stereocenters. The second-order valence-electron chi connectivity index (χ2n) is 9.64. The average Bonchev–Trinajstić information content (AvgIpc) is 3.18. The summed E-state index contributed by atoms with van der Waals surface area (Å²) in [7, 11) is 1.59. The van der Waals surface area contributed by atoms with Crippen LogP contribution < -0.4 is 0 Å². The van der Waals surface area contributed by atoms with Crippen LogP contribution in [0.3, 0.4) is 0 Å². The molecule has 0 bridgehead atoms. The van der Waals surface area contributed by atoms with Crippen molar-refractivity contribution in [3.05, 3.63) is 24.2 Å². The predicted octanol–water partition coefficient (Wildman–Crippen LogP) is 2.40. The molecule has 4 aliphatic rings. The number of aliphatic hydroxyl groups excluding tert-OH is 1. The number of carbonyl (C=O) groups excluding carboxylic acids is 2. The Kier molecular flexibility index (Phi) is 4.86. The van der Waals surface area contributed by atoms with Crippen LogP contribution in [0.4, 0.5) is 0 Å². The van der Waals surface area contributed by atoms with Crippen LogP contribution in [0.15, 0.2) is 23.0 Å². The lowest BCUT2D eigenvalue weighted by Crippen LogP contribution is -2.71. The second-order valence-corrected chi connectivity index (χ2v) is 9.64. The normalized spacial score (nSPS) is 46.3. The van der Waals surface area contributed by atoms with Crippen LogP contribution in [0.25, 0.3) is 0 Å². The number of rotatable bonds is 4. The molecule has 2 aliphatic carbocycles. The minimum Gasteiger partial charge on any atom is -0.472 e. The Labute approximate surface area is 181 Å². The van der Waals surface area contributed by atoms with Crippen molar-refractivity contribution < 1.29 is 38.1 Å². The average molecular weight is 434 g/mol. The Balaban J connectivity index is 1.65. The van der Waals surface area contributed by atoms with Crippen LogP contribution in [0.5, 0.6) is 0 Å². The highest BCUT2D eigenvalue weighted by atomic mass is 16.7. The summed E-state index contributed by atoms with van der Waals surface area (Å²) in [6.45, 7) is 3.60. The van der Waals surface area contributed by atoms with Gasteiger partial charge in [-0.2, -0.15) is 0 Å². The monoisotopic (exact) mass is 434 g/mol. The number of epoxide rings is 1. The number of esters is 1. The Bertz CT molecular complexity index is 861. The molecule has 170 valence electrons. The number of furan rings is 1.